The fourth-order valence-electron chi connectivity index (χ4n) is 3.83. The first-order valence-corrected chi connectivity index (χ1v) is 10.5. The highest BCUT2D eigenvalue weighted by Gasteiger charge is 2.33. The van der Waals surface area contributed by atoms with Crippen molar-refractivity contribution in [3.8, 4) is 5.06 Å². The number of ether oxygens (including phenoxy) is 1. The fourth-order valence-corrected chi connectivity index (χ4v) is 5.08. The maximum Gasteiger partial charge on any atom is 0.416 e. The van der Waals surface area contributed by atoms with Crippen LogP contribution in [0.5, 0.6) is 5.06 Å². The third-order valence-corrected chi connectivity index (χ3v) is 6.68. The zero-order chi connectivity index (χ0) is 19.7. The van der Waals surface area contributed by atoms with Crippen molar-refractivity contribution in [1.29, 1.82) is 0 Å². The Hall–Kier alpha value is -2.09. The predicted molar refractivity (Wildman–Crippen MR) is 107 cm³/mol. The molecule has 3 heterocycles. The van der Waals surface area contributed by atoms with Crippen LogP contribution in [0.3, 0.4) is 0 Å². The van der Waals surface area contributed by atoms with Gasteiger partial charge in [0, 0.05) is 36.1 Å². The Kier molecular flexibility index (Phi) is 5.57. The maximum absolute atomic E-state index is 12.2. The first-order valence-electron chi connectivity index (χ1n) is 9.32. The number of benzene rings is 1. The van der Waals surface area contributed by atoms with E-state index in [1.807, 2.05) is 11.0 Å². The lowest BCUT2D eigenvalue weighted by molar-refractivity contribution is -0.144. The monoisotopic (exact) mass is 420 g/mol. The van der Waals surface area contributed by atoms with Crippen LogP contribution in [0.25, 0.3) is 0 Å². The number of fused-ring (bicyclic) bond motifs is 1. The van der Waals surface area contributed by atoms with Gasteiger partial charge in [-0.15, -0.1) is 11.3 Å². The van der Waals surface area contributed by atoms with Crippen molar-refractivity contribution in [2.45, 2.75) is 31.8 Å². The van der Waals surface area contributed by atoms with E-state index in [0.717, 1.165) is 42.8 Å². The summed E-state index contributed by atoms with van der Waals surface area (Å²) in [5.74, 6) is -0.924. The second-order valence-corrected chi connectivity index (χ2v) is 8.57. The molecular weight excluding hydrogens is 400 g/mol. The quantitative estimate of drug-likeness (QED) is 0.803. The van der Waals surface area contributed by atoms with Gasteiger partial charge in [-0.1, -0.05) is 29.8 Å². The summed E-state index contributed by atoms with van der Waals surface area (Å²) in [4.78, 5) is 29.0. The molecule has 0 aliphatic carbocycles. The van der Waals surface area contributed by atoms with Crippen LogP contribution >= 0.6 is 22.9 Å². The number of rotatable bonds is 4. The zero-order valence-corrected chi connectivity index (χ0v) is 16.8. The van der Waals surface area contributed by atoms with Crippen molar-refractivity contribution < 1.29 is 19.4 Å². The molecule has 2 aliphatic heterocycles. The minimum Gasteiger partial charge on any atom is -0.480 e. The molecule has 28 heavy (non-hydrogen) atoms. The summed E-state index contributed by atoms with van der Waals surface area (Å²) in [7, 11) is 0. The van der Waals surface area contributed by atoms with Crippen LogP contribution in [0.2, 0.25) is 5.02 Å². The van der Waals surface area contributed by atoms with Crippen molar-refractivity contribution >= 4 is 35.0 Å². The molecule has 1 atom stereocenters. The lowest BCUT2D eigenvalue weighted by Crippen LogP contribution is -2.37. The van der Waals surface area contributed by atoms with Gasteiger partial charge in [0.05, 0.1) is 0 Å². The lowest BCUT2D eigenvalue weighted by Gasteiger charge is -2.32. The van der Waals surface area contributed by atoms with E-state index < -0.39 is 12.0 Å². The van der Waals surface area contributed by atoms with Crippen LogP contribution in [0, 0.1) is 0 Å². The Morgan fingerprint density at radius 2 is 1.93 bits per heavy atom. The molecule has 1 fully saturated rings. The number of carbonyl (C=O) groups excluding carboxylic acids is 1. The average molecular weight is 421 g/mol. The lowest BCUT2D eigenvalue weighted by atomic mass is 10.0. The molecule has 2 aliphatic rings. The van der Waals surface area contributed by atoms with Crippen LogP contribution in [-0.4, -0.2) is 46.6 Å². The minimum absolute atomic E-state index is 0.299. The number of halogens is 1. The van der Waals surface area contributed by atoms with E-state index in [9.17, 15) is 14.7 Å². The van der Waals surface area contributed by atoms with Gasteiger partial charge in [-0.25, -0.2) is 4.79 Å². The molecule has 0 spiro atoms. The number of nitrogens with zero attached hydrogens (tertiary/aromatic N) is 2. The van der Waals surface area contributed by atoms with Crippen LogP contribution in [0.15, 0.2) is 30.3 Å². The molecule has 1 amide bonds. The Morgan fingerprint density at radius 3 is 2.64 bits per heavy atom. The van der Waals surface area contributed by atoms with Gasteiger partial charge in [-0.2, -0.15) is 0 Å². The molecule has 0 radical (unpaired) electrons. The molecule has 1 N–H and O–H groups in total. The molecule has 4 rings (SSSR count). The van der Waals surface area contributed by atoms with Crippen molar-refractivity contribution in [2.24, 2.45) is 0 Å². The third kappa shape index (κ3) is 3.87. The van der Waals surface area contributed by atoms with E-state index in [0.29, 0.717) is 28.7 Å². The SMILES string of the molecule is O=C(O)C(c1ccccc1Cl)N1CCc2sc(OC(=O)N3CCCC3)cc2C1. The largest absolute Gasteiger partial charge is 0.480 e. The summed E-state index contributed by atoms with van der Waals surface area (Å²) >= 11 is 7.73. The fraction of sp³-hybridized carbons (Fsp3) is 0.400. The highest BCUT2D eigenvalue weighted by molar-refractivity contribution is 7.14. The van der Waals surface area contributed by atoms with E-state index in [1.165, 1.54) is 11.3 Å². The van der Waals surface area contributed by atoms with Gasteiger partial charge in [-0.3, -0.25) is 9.69 Å². The van der Waals surface area contributed by atoms with E-state index in [1.54, 1.807) is 29.2 Å². The van der Waals surface area contributed by atoms with Gasteiger partial charge < -0.3 is 14.7 Å². The number of carbonyl (C=O) groups is 2. The van der Waals surface area contributed by atoms with Gasteiger partial charge in [-0.05, 0) is 42.5 Å². The van der Waals surface area contributed by atoms with Crippen LogP contribution in [0.1, 0.15) is 34.9 Å². The summed E-state index contributed by atoms with van der Waals surface area (Å²) in [6, 6.07) is 8.12. The Morgan fingerprint density at radius 1 is 1.18 bits per heavy atom. The number of likely N-dealkylation sites (tertiary alicyclic amines) is 1. The number of amides is 1. The van der Waals surface area contributed by atoms with Crippen LogP contribution in [0.4, 0.5) is 4.79 Å². The van der Waals surface area contributed by atoms with Gasteiger partial charge in [0.25, 0.3) is 0 Å². The van der Waals surface area contributed by atoms with Crippen LogP contribution < -0.4 is 4.74 Å². The summed E-state index contributed by atoms with van der Waals surface area (Å²) in [5, 5.41) is 10.9. The molecule has 6 nitrogen and oxygen atoms in total. The molecule has 0 saturated carbocycles. The van der Waals surface area contributed by atoms with Gasteiger partial charge in [0.1, 0.15) is 6.04 Å². The minimum atomic E-state index is -0.924. The number of aliphatic carboxylic acids is 1. The van der Waals surface area contributed by atoms with Crippen LogP contribution in [-0.2, 0) is 17.8 Å². The topological polar surface area (TPSA) is 70.1 Å². The predicted octanol–water partition coefficient (Wildman–Crippen LogP) is 4.18. The van der Waals surface area contributed by atoms with E-state index in [4.69, 9.17) is 16.3 Å². The average Bonchev–Trinajstić information content (AvgIpc) is 3.32. The summed E-state index contributed by atoms with van der Waals surface area (Å²) in [6.07, 6.45) is 2.45. The summed E-state index contributed by atoms with van der Waals surface area (Å²) < 4.78 is 5.55. The number of carboxylic acids is 1. The molecule has 8 heteroatoms. The first-order chi connectivity index (χ1) is 13.5. The molecular formula is C20H21ClN2O4S. The van der Waals surface area contributed by atoms with E-state index in [2.05, 4.69) is 0 Å². The highest BCUT2D eigenvalue weighted by atomic mass is 35.5. The zero-order valence-electron chi connectivity index (χ0n) is 15.3. The summed E-state index contributed by atoms with van der Waals surface area (Å²) in [5.41, 5.74) is 1.61. The number of carboxylic acid groups (broad SMARTS) is 1. The number of hydrogen-bond donors (Lipinski definition) is 1. The molecule has 148 valence electrons. The standard InChI is InChI=1S/C20H21ClN2O4S/c21-15-6-2-1-5-14(15)18(19(24)25)23-10-7-16-13(12-23)11-17(28-16)27-20(26)22-8-3-4-9-22/h1-2,5-6,11,18H,3-4,7-10,12H2,(H,24,25). The van der Waals surface area contributed by atoms with Crippen molar-refractivity contribution in [2.75, 3.05) is 19.6 Å². The molecule has 0 bridgehead atoms. The van der Waals surface area contributed by atoms with Crippen molar-refractivity contribution in [3.63, 3.8) is 0 Å². The third-order valence-electron chi connectivity index (χ3n) is 5.22. The summed E-state index contributed by atoms with van der Waals surface area (Å²) in [6.45, 7) is 2.58. The highest BCUT2D eigenvalue weighted by Crippen LogP contribution is 2.37. The Bertz CT molecular complexity index is 894. The molecule has 1 unspecified atom stereocenters. The smallest absolute Gasteiger partial charge is 0.416 e. The molecule has 1 aromatic carbocycles. The second-order valence-electron chi connectivity index (χ2n) is 7.06. The normalized spacial score (nSPS) is 18.0. The second kappa shape index (κ2) is 8.11. The molecule has 2 aromatic rings. The number of hydrogen-bond acceptors (Lipinski definition) is 5. The molecule has 1 saturated heterocycles. The molecule has 1 aromatic heterocycles. The maximum atomic E-state index is 12.2. The Balaban J connectivity index is 1.51. The Labute approximate surface area is 172 Å². The van der Waals surface area contributed by atoms with Gasteiger partial charge >= 0.3 is 12.1 Å². The van der Waals surface area contributed by atoms with E-state index >= 15 is 0 Å². The van der Waals surface area contributed by atoms with E-state index in [-0.39, 0.29) is 6.09 Å². The van der Waals surface area contributed by atoms with Crippen molar-refractivity contribution in [1.82, 2.24) is 9.80 Å². The van der Waals surface area contributed by atoms with Gasteiger partial charge in [0.15, 0.2) is 5.06 Å². The van der Waals surface area contributed by atoms with Crippen molar-refractivity contribution in [3.05, 3.63) is 51.4 Å². The van der Waals surface area contributed by atoms with Gasteiger partial charge in [0.2, 0.25) is 0 Å². The first kappa shape index (κ1) is 19.2. The number of thiophene rings is 1.